The van der Waals surface area contributed by atoms with Crippen molar-refractivity contribution in [2.75, 3.05) is 7.05 Å². The molecular formula is C24H37NO2. The van der Waals surface area contributed by atoms with Crippen LogP contribution in [0.25, 0.3) is 0 Å². The molecule has 0 saturated heterocycles. The summed E-state index contributed by atoms with van der Waals surface area (Å²) in [7, 11) is 1.98. The first-order chi connectivity index (χ1) is 12.5. The Balaban J connectivity index is 1.64. The third kappa shape index (κ3) is 2.59. The molecule has 4 rings (SSSR count). The first-order valence-electron chi connectivity index (χ1n) is 11.0. The molecule has 0 N–H and O–H groups in total. The second-order valence-electron chi connectivity index (χ2n) is 11.4. The van der Waals surface area contributed by atoms with Gasteiger partial charge in [-0.2, -0.15) is 0 Å². The van der Waals surface area contributed by atoms with Crippen LogP contribution in [0.5, 0.6) is 0 Å². The summed E-state index contributed by atoms with van der Waals surface area (Å²) in [5.41, 5.74) is 0.0338. The van der Waals surface area contributed by atoms with Gasteiger partial charge in [0.05, 0.1) is 0 Å². The molecule has 3 fully saturated rings. The van der Waals surface area contributed by atoms with E-state index < -0.39 is 0 Å². The summed E-state index contributed by atoms with van der Waals surface area (Å²) in [5.74, 6) is 2.89. The van der Waals surface area contributed by atoms with Crippen LogP contribution in [-0.4, -0.2) is 29.7 Å². The highest BCUT2D eigenvalue weighted by Crippen LogP contribution is 2.66. The highest BCUT2D eigenvalue weighted by molar-refractivity contribution is 5.89. The van der Waals surface area contributed by atoms with Crippen molar-refractivity contribution in [3.63, 3.8) is 0 Å². The van der Waals surface area contributed by atoms with Gasteiger partial charge in [0.25, 0.3) is 0 Å². The monoisotopic (exact) mass is 371 g/mol. The summed E-state index contributed by atoms with van der Waals surface area (Å²) in [6.45, 7) is 11.1. The number of fused-ring (bicyclic) bond motifs is 5. The van der Waals surface area contributed by atoms with E-state index in [4.69, 9.17) is 0 Å². The van der Waals surface area contributed by atoms with Crippen LogP contribution in [0.4, 0.5) is 0 Å². The molecule has 3 nitrogen and oxygen atoms in total. The van der Waals surface area contributed by atoms with Crippen molar-refractivity contribution in [1.29, 1.82) is 0 Å². The Hall–Kier alpha value is -1.12. The van der Waals surface area contributed by atoms with E-state index >= 15 is 0 Å². The highest BCUT2D eigenvalue weighted by Gasteiger charge is 2.61. The molecule has 4 aliphatic rings. The minimum absolute atomic E-state index is 0.0963. The van der Waals surface area contributed by atoms with Gasteiger partial charge in [0.15, 0.2) is 0 Å². The molecule has 3 aliphatic carbocycles. The molecule has 3 saturated carbocycles. The van der Waals surface area contributed by atoms with Crippen LogP contribution < -0.4 is 0 Å². The van der Waals surface area contributed by atoms with Crippen LogP contribution in [0, 0.1) is 39.9 Å². The minimum atomic E-state index is -0.238. The number of Topliss-reactive ketones (excluding diaryl/α,β-unsaturated/α-hetero) is 1. The van der Waals surface area contributed by atoms with Crippen molar-refractivity contribution in [2.45, 2.75) is 79.2 Å². The van der Waals surface area contributed by atoms with E-state index in [0.29, 0.717) is 29.6 Å². The van der Waals surface area contributed by atoms with E-state index in [9.17, 15) is 9.59 Å². The van der Waals surface area contributed by atoms with Gasteiger partial charge < -0.3 is 4.90 Å². The Kier molecular flexibility index (Phi) is 4.22. The van der Waals surface area contributed by atoms with Gasteiger partial charge >= 0.3 is 0 Å². The van der Waals surface area contributed by atoms with Gasteiger partial charge in [-0.1, -0.05) is 40.7 Å². The molecule has 150 valence electrons. The Morgan fingerprint density at radius 1 is 1.07 bits per heavy atom. The third-order valence-corrected chi connectivity index (χ3v) is 9.18. The lowest BCUT2D eigenvalue weighted by Crippen LogP contribution is -2.59. The van der Waals surface area contributed by atoms with E-state index in [0.717, 1.165) is 12.8 Å². The predicted molar refractivity (Wildman–Crippen MR) is 108 cm³/mol. The van der Waals surface area contributed by atoms with E-state index in [2.05, 4.69) is 40.7 Å². The van der Waals surface area contributed by atoms with Crippen LogP contribution in [0.3, 0.4) is 0 Å². The van der Waals surface area contributed by atoms with Crippen LogP contribution in [0.1, 0.15) is 73.1 Å². The third-order valence-electron chi connectivity index (χ3n) is 9.18. The lowest BCUT2D eigenvalue weighted by atomic mass is 9.47. The smallest absolute Gasteiger partial charge is 0.246 e. The summed E-state index contributed by atoms with van der Waals surface area (Å²) in [5, 5.41) is 0. The normalized spacial score (nSPS) is 46.7. The molecule has 0 aromatic carbocycles. The molecule has 0 aromatic heterocycles. The molecule has 1 heterocycles. The van der Waals surface area contributed by atoms with Gasteiger partial charge in [-0.25, -0.2) is 0 Å². The summed E-state index contributed by atoms with van der Waals surface area (Å²) in [6, 6.07) is 0.342. The van der Waals surface area contributed by atoms with E-state index in [1.165, 1.54) is 25.7 Å². The fraction of sp³-hybridized carbons (Fsp3) is 0.833. The van der Waals surface area contributed by atoms with Gasteiger partial charge in [-0.3, -0.25) is 9.59 Å². The molecule has 7 atom stereocenters. The largest absolute Gasteiger partial charge is 0.338 e. The van der Waals surface area contributed by atoms with Gasteiger partial charge in [-0.15, -0.1) is 0 Å². The molecule has 1 aliphatic heterocycles. The van der Waals surface area contributed by atoms with Gasteiger partial charge in [0.1, 0.15) is 5.78 Å². The van der Waals surface area contributed by atoms with Gasteiger partial charge in [-0.05, 0) is 67.8 Å². The Morgan fingerprint density at radius 2 is 1.78 bits per heavy atom. The maximum Gasteiger partial charge on any atom is 0.246 e. The summed E-state index contributed by atoms with van der Waals surface area (Å²) < 4.78 is 0. The maximum atomic E-state index is 13.2. The highest BCUT2D eigenvalue weighted by atomic mass is 16.2. The van der Waals surface area contributed by atoms with Crippen LogP contribution in [-0.2, 0) is 9.59 Å². The number of hydrogen-bond donors (Lipinski definition) is 0. The zero-order chi connectivity index (χ0) is 19.8. The molecule has 1 amide bonds. The lowest BCUT2D eigenvalue weighted by molar-refractivity contribution is -0.144. The zero-order valence-corrected chi connectivity index (χ0v) is 18.0. The zero-order valence-electron chi connectivity index (χ0n) is 18.0. The number of nitrogens with zero attached hydrogens (tertiary/aromatic N) is 1. The molecule has 0 bridgehead atoms. The molecule has 2 unspecified atom stereocenters. The number of ketones is 1. The SMILES string of the molecule is CN1C(=O)C=C[C@@]2(C)C1CC[C@@H]1[C@H]2CC[C@]2(C)C(C(=O)C(C)(C)C)CC[C@@H]12. The fourth-order valence-corrected chi connectivity index (χ4v) is 7.69. The fourth-order valence-electron chi connectivity index (χ4n) is 7.69. The molecule has 27 heavy (non-hydrogen) atoms. The number of amides is 1. The van der Waals surface area contributed by atoms with Crippen molar-refractivity contribution >= 4 is 11.7 Å². The summed E-state index contributed by atoms with van der Waals surface area (Å²) >= 11 is 0. The molecule has 0 spiro atoms. The lowest BCUT2D eigenvalue weighted by Gasteiger charge is -2.60. The predicted octanol–water partition coefficient (Wildman–Crippen LogP) is 4.86. The van der Waals surface area contributed by atoms with Gasteiger partial charge in [0.2, 0.25) is 5.91 Å². The van der Waals surface area contributed by atoms with Crippen molar-refractivity contribution in [2.24, 2.45) is 39.9 Å². The second-order valence-corrected chi connectivity index (χ2v) is 11.4. The van der Waals surface area contributed by atoms with E-state index in [1.807, 2.05) is 18.0 Å². The maximum absolute atomic E-state index is 13.2. The molecule has 0 aromatic rings. The van der Waals surface area contributed by atoms with E-state index in [-0.39, 0.29) is 28.1 Å². The average Bonchev–Trinajstić information content (AvgIpc) is 2.94. The minimum Gasteiger partial charge on any atom is -0.338 e. The molecular weight excluding hydrogens is 334 g/mol. The molecule has 0 radical (unpaired) electrons. The van der Waals surface area contributed by atoms with Crippen molar-refractivity contribution in [1.82, 2.24) is 4.90 Å². The Labute approximate surface area is 165 Å². The number of hydrogen-bond acceptors (Lipinski definition) is 2. The first-order valence-corrected chi connectivity index (χ1v) is 11.0. The van der Waals surface area contributed by atoms with E-state index in [1.54, 1.807) is 0 Å². The molecule has 3 heteroatoms. The van der Waals surface area contributed by atoms with Crippen LogP contribution >= 0.6 is 0 Å². The van der Waals surface area contributed by atoms with Crippen molar-refractivity contribution < 1.29 is 9.59 Å². The number of carbonyl (C=O) groups excluding carboxylic acids is 2. The van der Waals surface area contributed by atoms with Crippen molar-refractivity contribution in [3.8, 4) is 0 Å². The quantitative estimate of drug-likeness (QED) is 0.660. The number of rotatable bonds is 1. The topological polar surface area (TPSA) is 37.4 Å². The second kappa shape index (κ2) is 5.94. The van der Waals surface area contributed by atoms with Gasteiger partial charge in [0, 0.05) is 29.8 Å². The average molecular weight is 372 g/mol. The summed E-state index contributed by atoms with van der Waals surface area (Å²) in [4.78, 5) is 27.4. The van der Waals surface area contributed by atoms with Crippen molar-refractivity contribution in [3.05, 3.63) is 12.2 Å². The Morgan fingerprint density at radius 3 is 2.44 bits per heavy atom. The first kappa shape index (κ1) is 19.2. The summed E-state index contributed by atoms with van der Waals surface area (Å²) in [6.07, 6.45) is 11.0. The standard InChI is InChI=1S/C24H37NO2/c1-22(2,3)21(27)18-9-8-16-15-7-10-19-24(5,14-12-20(26)25(19)6)17(15)11-13-23(16,18)4/h12,14-19H,7-11,13H2,1-6H3/t15-,16-,17+,18?,19?,23-,24+/m0/s1. The van der Waals surface area contributed by atoms with Crippen LogP contribution in [0.15, 0.2) is 12.2 Å². The number of likely N-dealkylation sites (N-methyl/N-ethyl adjacent to an activating group) is 1. The number of carbonyl (C=O) groups is 2. The van der Waals surface area contributed by atoms with Crippen LogP contribution in [0.2, 0.25) is 0 Å². The Bertz CT molecular complexity index is 689.